The van der Waals surface area contributed by atoms with Crippen molar-refractivity contribution in [2.75, 3.05) is 0 Å². The van der Waals surface area contributed by atoms with E-state index in [1.807, 2.05) is 13.0 Å². The number of halogens is 2. The number of hydrogen-bond donors (Lipinski definition) is 1. The molecule has 1 heterocycles. The zero-order chi connectivity index (χ0) is 13.8. The zero-order valence-electron chi connectivity index (χ0n) is 10.3. The summed E-state index contributed by atoms with van der Waals surface area (Å²) in [5.74, 6) is -0.778. The van der Waals surface area contributed by atoms with Crippen LogP contribution in [0.4, 0.5) is 4.39 Å². The number of aromatic nitrogens is 1. The molecule has 0 spiro atoms. The molecule has 0 aliphatic rings. The van der Waals surface area contributed by atoms with E-state index in [9.17, 15) is 9.18 Å². The van der Waals surface area contributed by atoms with Gasteiger partial charge in [0.05, 0.1) is 10.0 Å². The zero-order valence-corrected chi connectivity index (χ0v) is 11.9. The Morgan fingerprint density at radius 1 is 1.42 bits per heavy atom. The van der Waals surface area contributed by atoms with Gasteiger partial charge < -0.3 is 5.32 Å². The first-order valence-corrected chi connectivity index (χ1v) is 6.50. The van der Waals surface area contributed by atoms with Crippen molar-refractivity contribution in [3.63, 3.8) is 0 Å². The van der Waals surface area contributed by atoms with Crippen molar-refractivity contribution in [2.24, 2.45) is 0 Å². The fraction of sp³-hybridized carbons (Fsp3) is 0.143. The third kappa shape index (κ3) is 3.17. The van der Waals surface area contributed by atoms with E-state index in [2.05, 4.69) is 26.2 Å². The monoisotopic (exact) mass is 322 g/mol. The number of carbonyl (C=O) groups is 1. The highest BCUT2D eigenvalue weighted by Gasteiger charge is 2.12. The maximum absolute atomic E-state index is 13.3. The van der Waals surface area contributed by atoms with Gasteiger partial charge in [-0.05, 0) is 52.2 Å². The largest absolute Gasteiger partial charge is 0.348 e. The van der Waals surface area contributed by atoms with Gasteiger partial charge in [0.1, 0.15) is 5.82 Å². The predicted octanol–water partition coefficient (Wildman–Crippen LogP) is 3.22. The van der Waals surface area contributed by atoms with E-state index in [1.165, 1.54) is 12.1 Å². The molecule has 0 saturated carbocycles. The van der Waals surface area contributed by atoms with Gasteiger partial charge in [-0.15, -0.1) is 0 Å². The fourth-order valence-electron chi connectivity index (χ4n) is 1.63. The van der Waals surface area contributed by atoms with Gasteiger partial charge in [-0.3, -0.25) is 9.78 Å². The Morgan fingerprint density at radius 3 is 2.95 bits per heavy atom. The first kappa shape index (κ1) is 13.7. The Morgan fingerprint density at radius 2 is 2.21 bits per heavy atom. The van der Waals surface area contributed by atoms with Crippen LogP contribution in [-0.2, 0) is 6.54 Å². The Labute approximate surface area is 119 Å². The molecule has 19 heavy (non-hydrogen) atoms. The minimum atomic E-state index is -0.454. The Hall–Kier alpha value is -1.75. The van der Waals surface area contributed by atoms with E-state index in [1.54, 1.807) is 18.5 Å². The molecule has 98 valence electrons. The lowest BCUT2D eigenvalue weighted by Crippen LogP contribution is -2.23. The van der Waals surface area contributed by atoms with E-state index < -0.39 is 5.82 Å². The molecule has 1 aromatic heterocycles. The third-order valence-electron chi connectivity index (χ3n) is 2.78. The van der Waals surface area contributed by atoms with E-state index in [-0.39, 0.29) is 15.9 Å². The fourth-order valence-corrected chi connectivity index (χ4v) is 2.08. The van der Waals surface area contributed by atoms with E-state index in [4.69, 9.17) is 0 Å². The van der Waals surface area contributed by atoms with Crippen LogP contribution in [0.15, 0.2) is 41.1 Å². The molecule has 0 unspecified atom stereocenters. The van der Waals surface area contributed by atoms with Crippen molar-refractivity contribution < 1.29 is 9.18 Å². The highest BCUT2D eigenvalue weighted by Crippen LogP contribution is 2.20. The van der Waals surface area contributed by atoms with Gasteiger partial charge in [-0.2, -0.15) is 0 Å². The van der Waals surface area contributed by atoms with Gasteiger partial charge in [0.25, 0.3) is 5.91 Å². The number of benzene rings is 1. The Balaban J connectivity index is 2.10. The smallest absolute Gasteiger partial charge is 0.252 e. The molecule has 1 amide bonds. The Bertz CT molecular complexity index is 616. The minimum Gasteiger partial charge on any atom is -0.348 e. The number of hydrogen-bond acceptors (Lipinski definition) is 2. The first-order valence-electron chi connectivity index (χ1n) is 5.71. The van der Waals surface area contributed by atoms with Gasteiger partial charge in [0.2, 0.25) is 0 Å². The van der Waals surface area contributed by atoms with Gasteiger partial charge in [0, 0.05) is 18.9 Å². The van der Waals surface area contributed by atoms with Crippen molar-refractivity contribution >= 4 is 21.8 Å². The average Bonchev–Trinajstić information content (AvgIpc) is 2.40. The third-order valence-corrected chi connectivity index (χ3v) is 3.59. The molecule has 0 aliphatic heterocycles. The number of aryl methyl sites for hydroxylation is 1. The summed E-state index contributed by atoms with van der Waals surface area (Å²) in [5.41, 5.74) is 2.26. The van der Waals surface area contributed by atoms with Crippen molar-refractivity contribution in [1.29, 1.82) is 0 Å². The second-order valence-corrected chi connectivity index (χ2v) is 4.88. The predicted molar refractivity (Wildman–Crippen MR) is 74.2 cm³/mol. The molecule has 0 radical (unpaired) electrons. The van der Waals surface area contributed by atoms with Gasteiger partial charge in [-0.1, -0.05) is 6.07 Å². The normalized spacial score (nSPS) is 10.3. The van der Waals surface area contributed by atoms with Gasteiger partial charge >= 0.3 is 0 Å². The maximum atomic E-state index is 13.3. The van der Waals surface area contributed by atoms with E-state index in [0.29, 0.717) is 6.54 Å². The van der Waals surface area contributed by atoms with Crippen LogP contribution in [0.25, 0.3) is 0 Å². The number of nitrogens with zero attached hydrogens (tertiary/aromatic N) is 1. The minimum absolute atomic E-state index is 0.176. The molecular weight excluding hydrogens is 311 g/mol. The molecule has 3 nitrogen and oxygen atoms in total. The molecule has 1 aromatic carbocycles. The van der Waals surface area contributed by atoms with Crippen LogP contribution < -0.4 is 5.32 Å². The SMILES string of the molecule is Cc1ccncc1CNC(=O)c1cccc(F)c1Br. The molecule has 0 saturated heterocycles. The summed E-state index contributed by atoms with van der Waals surface area (Å²) in [6, 6.07) is 6.24. The number of pyridine rings is 1. The summed E-state index contributed by atoms with van der Waals surface area (Å²) in [5, 5.41) is 2.75. The highest BCUT2D eigenvalue weighted by atomic mass is 79.9. The molecule has 0 atom stereocenters. The van der Waals surface area contributed by atoms with Crippen molar-refractivity contribution in [1.82, 2.24) is 10.3 Å². The van der Waals surface area contributed by atoms with Crippen molar-refractivity contribution in [3.8, 4) is 0 Å². The molecule has 0 aliphatic carbocycles. The second kappa shape index (κ2) is 5.93. The number of rotatable bonds is 3. The molecule has 2 aromatic rings. The second-order valence-electron chi connectivity index (χ2n) is 4.09. The van der Waals surface area contributed by atoms with Crippen LogP contribution in [0.1, 0.15) is 21.5 Å². The molecule has 2 rings (SSSR count). The number of carbonyl (C=O) groups excluding carboxylic acids is 1. The summed E-state index contributed by atoms with van der Waals surface area (Å²) in [7, 11) is 0. The molecule has 0 bridgehead atoms. The molecule has 1 N–H and O–H groups in total. The van der Waals surface area contributed by atoms with Crippen LogP contribution in [0.2, 0.25) is 0 Å². The molecule has 5 heteroatoms. The van der Waals surface area contributed by atoms with Gasteiger partial charge in [0.15, 0.2) is 0 Å². The number of nitrogens with one attached hydrogen (secondary N) is 1. The average molecular weight is 323 g/mol. The summed E-state index contributed by atoms with van der Waals surface area (Å²) in [6.07, 6.45) is 3.40. The molecule has 0 fully saturated rings. The summed E-state index contributed by atoms with van der Waals surface area (Å²) in [4.78, 5) is 16.0. The lowest BCUT2D eigenvalue weighted by atomic mass is 10.1. The summed E-state index contributed by atoms with van der Waals surface area (Å²) >= 11 is 3.07. The standard InChI is InChI=1S/C14H12BrFN2O/c1-9-5-6-17-7-10(9)8-18-14(19)11-3-2-4-12(16)13(11)15/h2-7H,8H2,1H3,(H,18,19). The van der Waals surface area contributed by atoms with Crippen LogP contribution in [0.5, 0.6) is 0 Å². The Kier molecular flexibility index (Phi) is 4.27. The quantitative estimate of drug-likeness (QED) is 0.942. The molecular formula is C14H12BrFN2O. The summed E-state index contributed by atoms with van der Waals surface area (Å²) in [6.45, 7) is 2.31. The highest BCUT2D eigenvalue weighted by molar-refractivity contribution is 9.10. The van der Waals surface area contributed by atoms with Gasteiger partial charge in [-0.25, -0.2) is 4.39 Å². The number of amides is 1. The lowest BCUT2D eigenvalue weighted by molar-refractivity contribution is 0.0949. The van der Waals surface area contributed by atoms with Crippen LogP contribution in [0.3, 0.4) is 0 Å². The first-order chi connectivity index (χ1) is 9.09. The van der Waals surface area contributed by atoms with Crippen LogP contribution >= 0.6 is 15.9 Å². The van der Waals surface area contributed by atoms with Crippen molar-refractivity contribution in [2.45, 2.75) is 13.5 Å². The summed E-state index contributed by atoms with van der Waals surface area (Å²) < 4.78 is 13.5. The van der Waals surface area contributed by atoms with Crippen LogP contribution in [-0.4, -0.2) is 10.9 Å². The van der Waals surface area contributed by atoms with Crippen LogP contribution in [0, 0.1) is 12.7 Å². The maximum Gasteiger partial charge on any atom is 0.252 e. The lowest BCUT2D eigenvalue weighted by Gasteiger charge is -2.08. The van der Waals surface area contributed by atoms with E-state index >= 15 is 0 Å². The van der Waals surface area contributed by atoms with Crippen molar-refractivity contribution in [3.05, 3.63) is 63.6 Å². The van der Waals surface area contributed by atoms with E-state index in [0.717, 1.165) is 11.1 Å². The topological polar surface area (TPSA) is 42.0 Å².